The molecule has 0 saturated heterocycles. The Labute approximate surface area is 259 Å². The van der Waals surface area contributed by atoms with Crippen molar-refractivity contribution < 1.29 is 43.0 Å². The molecule has 0 aromatic carbocycles. The summed E-state index contributed by atoms with van der Waals surface area (Å²) in [4.78, 5) is 42.3. The van der Waals surface area contributed by atoms with E-state index in [2.05, 4.69) is 54.8 Å². The number of allylic oxidation sites excluding steroid dienone is 9. The third kappa shape index (κ3) is 31.0. The molecule has 2 atom stereocenters. The SMILES string of the molecule is CC/C=C\C/C=C\C/C=C\C/C=C\C=C\C(O)CCCC(=O)O[C@H](COC(=O)CCCCCCCCC)COP(=O)(O)O. The van der Waals surface area contributed by atoms with Gasteiger partial charge in [0.05, 0.1) is 12.7 Å². The lowest BCUT2D eigenvalue weighted by Gasteiger charge is -2.18. The molecule has 0 radical (unpaired) electrons. The van der Waals surface area contributed by atoms with Gasteiger partial charge in [-0.25, -0.2) is 4.57 Å². The zero-order valence-corrected chi connectivity index (χ0v) is 27.1. The van der Waals surface area contributed by atoms with Crippen molar-refractivity contribution in [2.24, 2.45) is 0 Å². The third-order valence-electron chi connectivity index (χ3n) is 6.15. The Morgan fingerprint density at radius 2 is 1.30 bits per heavy atom. The second kappa shape index (κ2) is 28.5. The van der Waals surface area contributed by atoms with Gasteiger partial charge in [0.25, 0.3) is 0 Å². The Kier molecular flexibility index (Phi) is 27.0. The van der Waals surface area contributed by atoms with Crippen molar-refractivity contribution >= 4 is 19.8 Å². The molecule has 0 amide bonds. The molecule has 0 aromatic rings. The van der Waals surface area contributed by atoms with Gasteiger partial charge < -0.3 is 24.4 Å². The van der Waals surface area contributed by atoms with Crippen LogP contribution in [0.1, 0.15) is 110 Å². The van der Waals surface area contributed by atoms with E-state index in [0.29, 0.717) is 19.3 Å². The van der Waals surface area contributed by atoms with Gasteiger partial charge in [-0.15, -0.1) is 0 Å². The van der Waals surface area contributed by atoms with Crippen LogP contribution in [0.3, 0.4) is 0 Å². The van der Waals surface area contributed by atoms with Gasteiger partial charge in [-0.2, -0.15) is 0 Å². The fraction of sp³-hybridized carbons (Fsp3) is 0.636. The van der Waals surface area contributed by atoms with Gasteiger partial charge in [0, 0.05) is 12.8 Å². The van der Waals surface area contributed by atoms with Crippen molar-refractivity contribution in [1.82, 2.24) is 0 Å². The van der Waals surface area contributed by atoms with E-state index in [4.69, 9.17) is 19.3 Å². The summed E-state index contributed by atoms with van der Waals surface area (Å²) in [5, 5.41) is 10.1. The van der Waals surface area contributed by atoms with Crippen LogP contribution in [0.2, 0.25) is 0 Å². The number of rotatable bonds is 27. The van der Waals surface area contributed by atoms with E-state index in [1.807, 2.05) is 12.2 Å². The Balaban J connectivity index is 4.30. The summed E-state index contributed by atoms with van der Waals surface area (Å²) in [5.41, 5.74) is 0. The summed E-state index contributed by atoms with van der Waals surface area (Å²) in [7, 11) is -4.79. The van der Waals surface area contributed by atoms with E-state index >= 15 is 0 Å². The minimum absolute atomic E-state index is 0.0206. The fourth-order valence-corrected chi connectivity index (χ4v) is 4.17. The molecular weight excluding hydrogens is 571 g/mol. The van der Waals surface area contributed by atoms with Crippen molar-refractivity contribution in [3.8, 4) is 0 Å². The van der Waals surface area contributed by atoms with Crippen molar-refractivity contribution in [2.75, 3.05) is 13.2 Å². The average Bonchev–Trinajstić information content (AvgIpc) is 2.96. The molecule has 1 unspecified atom stereocenters. The zero-order chi connectivity index (χ0) is 32.0. The highest BCUT2D eigenvalue weighted by atomic mass is 31.2. The maximum atomic E-state index is 12.3. The zero-order valence-electron chi connectivity index (χ0n) is 26.2. The fourth-order valence-electron chi connectivity index (χ4n) is 3.81. The molecule has 0 aromatic heterocycles. The van der Waals surface area contributed by atoms with Crippen LogP contribution in [0.15, 0.2) is 60.8 Å². The third-order valence-corrected chi connectivity index (χ3v) is 6.64. The Morgan fingerprint density at radius 1 is 0.721 bits per heavy atom. The quantitative estimate of drug-likeness (QED) is 0.0277. The van der Waals surface area contributed by atoms with Crippen molar-refractivity contribution in [3.05, 3.63) is 60.8 Å². The molecule has 0 rings (SSSR count). The van der Waals surface area contributed by atoms with Crippen LogP contribution >= 0.6 is 7.82 Å². The van der Waals surface area contributed by atoms with Gasteiger partial charge in [0.2, 0.25) is 0 Å². The summed E-state index contributed by atoms with van der Waals surface area (Å²) >= 11 is 0. The van der Waals surface area contributed by atoms with Crippen LogP contribution in [0.25, 0.3) is 0 Å². The molecule has 0 aliphatic rings. The number of ether oxygens (including phenoxy) is 2. The molecule has 0 heterocycles. The first-order chi connectivity index (χ1) is 20.7. The normalized spacial score (nSPS) is 14.1. The first kappa shape index (κ1) is 40.7. The number of carbonyl (C=O) groups excluding carboxylic acids is 2. The minimum atomic E-state index is -4.79. The second-order valence-corrected chi connectivity index (χ2v) is 11.5. The monoisotopic (exact) mass is 626 g/mol. The molecule has 0 fully saturated rings. The molecule has 10 heteroatoms. The highest BCUT2D eigenvalue weighted by Gasteiger charge is 2.23. The van der Waals surface area contributed by atoms with E-state index in [1.165, 1.54) is 19.3 Å². The largest absolute Gasteiger partial charge is 0.469 e. The molecule has 3 N–H and O–H groups in total. The topological polar surface area (TPSA) is 140 Å². The van der Waals surface area contributed by atoms with E-state index in [-0.39, 0.29) is 19.4 Å². The lowest BCUT2D eigenvalue weighted by molar-refractivity contribution is -0.161. The first-order valence-corrected chi connectivity index (χ1v) is 17.2. The van der Waals surface area contributed by atoms with Crippen molar-refractivity contribution in [3.63, 3.8) is 0 Å². The van der Waals surface area contributed by atoms with E-state index < -0.39 is 38.6 Å². The van der Waals surface area contributed by atoms with Crippen LogP contribution in [0.5, 0.6) is 0 Å². The second-order valence-electron chi connectivity index (χ2n) is 10.3. The Morgan fingerprint density at radius 3 is 1.93 bits per heavy atom. The number of aliphatic hydroxyl groups is 1. The molecule has 0 spiro atoms. The summed E-state index contributed by atoms with van der Waals surface area (Å²) in [6.45, 7) is 3.30. The van der Waals surface area contributed by atoms with Gasteiger partial charge in [-0.1, -0.05) is 113 Å². The lowest BCUT2D eigenvalue weighted by Crippen LogP contribution is -2.29. The van der Waals surface area contributed by atoms with Gasteiger partial charge in [0.15, 0.2) is 6.10 Å². The molecule has 0 aliphatic heterocycles. The number of carbonyl (C=O) groups is 2. The standard InChI is InChI=1S/C33H55O9P/c1-3-5-7-9-11-12-13-14-15-16-18-19-21-24-30(34)25-23-27-33(36)42-31(29-41-43(37,38)39)28-40-32(35)26-22-20-17-10-8-6-4-2/h5,7,11-12,14-15,18-19,21,24,30-31,34H,3-4,6,8-10,13,16-17,20,22-23,25-29H2,1-2H3,(H2,37,38,39)/b7-5-,12-11-,15-14-,19-18-,24-21+/t30?,31-/m1/s1. The maximum absolute atomic E-state index is 12.3. The van der Waals surface area contributed by atoms with Crippen LogP contribution in [0.4, 0.5) is 0 Å². The highest BCUT2D eigenvalue weighted by Crippen LogP contribution is 2.35. The predicted octanol–water partition coefficient (Wildman–Crippen LogP) is 7.58. The van der Waals surface area contributed by atoms with E-state index in [1.54, 1.807) is 12.2 Å². The summed E-state index contributed by atoms with van der Waals surface area (Å²) < 4.78 is 25.9. The van der Waals surface area contributed by atoms with E-state index in [0.717, 1.165) is 44.9 Å². The number of hydrogen-bond acceptors (Lipinski definition) is 7. The van der Waals surface area contributed by atoms with Gasteiger partial charge in [0.1, 0.15) is 6.61 Å². The average molecular weight is 627 g/mol. The number of hydrogen-bond donors (Lipinski definition) is 3. The number of phosphoric acid groups is 1. The molecule has 9 nitrogen and oxygen atoms in total. The minimum Gasteiger partial charge on any atom is -0.462 e. The molecule has 43 heavy (non-hydrogen) atoms. The van der Waals surface area contributed by atoms with E-state index in [9.17, 15) is 19.3 Å². The lowest BCUT2D eigenvalue weighted by atomic mass is 10.1. The number of esters is 2. The first-order valence-electron chi connectivity index (χ1n) is 15.7. The summed E-state index contributed by atoms with van der Waals surface area (Å²) in [5.74, 6) is -1.11. The molecule has 0 bridgehead atoms. The van der Waals surface area contributed by atoms with Crippen LogP contribution in [0, 0.1) is 0 Å². The highest BCUT2D eigenvalue weighted by molar-refractivity contribution is 7.46. The molecular formula is C33H55O9P. The number of phosphoric ester groups is 1. The van der Waals surface area contributed by atoms with Crippen LogP contribution in [-0.2, 0) is 28.2 Å². The molecule has 0 saturated carbocycles. The number of unbranched alkanes of at least 4 members (excludes halogenated alkanes) is 6. The summed E-state index contributed by atoms with van der Waals surface area (Å²) in [6, 6.07) is 0. The smallest absolute Gasteiger partial charge is 0.462 e. The van der Waals surface area contributed by atoms with Crippen molar-refractivity contribution in [1.29, 1.82) is 0 Å². The summed E-state index contributed by atoms with van der Waals surface area (Å²) in [6.07, 6.45) is 30.1. The Hall–Kier alpha value is -2.29. The molecule has 0 aliphatic carbocycles. The van der Waals surface area contributed by atoms with Gasteiger partial charge in [-0.05, 0) is 44.9 Å². The maximum Gasteiger partial charge on any atom is 0.469 e. The number of aliphatic hydroxyl groups excluding tert-OH is 1. The predicted molar refractivity (Wildman–Crippen MR) is 171 cm³/mol. The van der Waals surface area contributed by atoms with Crippen LogP contribution in [-0.4, -0.2) is 52.3 Å². The Bertz CT molecular complexity index is 902. The van der Waals surface area contributed by atoms with Gasteiger partial charge >= 0.3 is 19.8 Å². The molecule has 246 valence electrons. The van der Waals surface area contributed by atoms with Crippen molar-refractivity contribution in [2.45, 2.75) is 122 Å². The van der Waals surface area contributed by atoms with Gasteiger partial charge in [-0.3, -0.25) is 14.1 Å². The van der Waals surface area contributed by atoms with Crippen LogP contribution < -0.4 is 0 Å².